The largest absolute Gasteiger partial charge is 0.464 e. The summed E-state index contributed by atoms with van der Waals surface area (Å²) < 4.78 is 4.73. The zero-order chi connectivity index (χ0) is 28.8. The SMILES string of the molecule is CC[C@H]1CN(c2nc(N)c(C(=O)OC)nc2Cl)CCN1C1CCN(Cc2ccc(Cl)cc2CCCC(C)=O)CC1. The molecule has 40 heavy (non-hydrogen) atoms. The standard InChI is InChI=1S/C29H40Cl2N6O3/c1-4-23-18-36(28-26(31)33-25(27(32)34-28)29(39)40-3)14-15-37(23)24-10-12-35(13-11-24)17-21-8-9-22(30)16-20(21)7-5-6-19(2)38/h8-9,16,23-24H,4-7,10-15,17-18H2,1-3H3,(H2,32,34)/t23-/m0/s1. The predicted molar refractivity (Wildman–Crippen MR) is 159 cm³/mol. The number of anilines is 2. The Kier molecular flexibility index (Phi) is 10.6. The molecule has 2 aliphatic rings. The van der Waals surface area contributed by atoms with Crippen molar-refractivity contribution in [2.45, 2.75) is 71.0 Å². The molecule has 2 aliphatic heterocycles. The van der Waals surface area contributed by atoms with Crippen molar-refractivity contribution in [2.75, 3.05) is 50.5 Å². The number of carbonyl (C=O) groups excluding carboxylic acids is 2. The van der Waals surface area contributed by atoms with Crippen LogP contribution in [-0.4, -0.2) is 83.4 Å². The molecule has 218 valence electrons. The summed E-state index contributed by atoms with van der Waals surface area (Å²) in [7, 11) is 1.27. The minimum absolute atomic E-state index is 0.0248. The molecule has 9 nitrogen and oxygen atoms in total. The fourth-order valence-corrected chi connectivity index (χ4v) is 6.37. The number of nitrogens with zero attached hydrogens (tertiary/aromatic N) is 5. The van der Waals surface area contributed by atoms with E-state index >= 15 is 0 Å². The number of aromatic nitrogens is 2. The van der Waals surface area contributed by atoms with Gasteiger partial charge in [-0.25, -0.2) is 14.8 Å². The van der Waals surface area contributed by atoms with Crippen molar-refractivity contribution in [2.24, 2.45) is 0 Å². The fraction of sp³-hybridized carbons (Fsp3) is 0.586. The molecule has 0 amide bonds. The van der Waals surface area contributed by atoms with Gasteiger partial charge in [0.1, 0.15) is 5.78 Å². The summed E-state index contributed by atoms with van der Waals surface area (Å²) in [6.07, 6.45) is 5.57. The van der Waals surface area contributed by atoms with Crippen LogP contribution in [0.25, 0.3) is 0 Å². The van der Waals surface area contributed by atoms with Crippen LogP contribution < -0.4 is 10.6 Å². The number of Topliss-reactive ketones (excluding diaryl/α,β-unsaturated/α-hetero) is 1. The van der Waals surface area contributed by atoms with Gasteiger partial charge in [-0.05, 0) is 75.4 Å². The van der Waals surface area contributed by atoms with E-state index in [9.17, 15) is 9.59 Å². The number of ether oxygens (including phenoxy) is 1. The number of piperazine rings is 1. The number of benzene rings is 1. The summed E-state index contributed by atoms with van der Waals surface area (Å²) in [4.78, 5) is 39.2. The molecule has 1 aromatic heterocycles. The summed E-state index contributed by atoms with van der Waals surface area (Å²) in [5.41, 5.74) is 8.51. The molecule has 2 saturated heterocycles. The van der Waals surface area contributed by atoms with Gasteiger partial charge in [0.15, 0.2) is 22.5 Å². The number of likely N-dealkylation sites (tertiary alicyclic amines) is 1. The first-order chi connectivity index (χ1) is 19.2. The third kappa shape index (κ3) is 7.43. The van der Waals surface area contributed by atoms with E-state index in [4.69, 9.17) is 33.7 Å². The molecule has 1 aromatic carbocycles. The van der Waals surface area contributed by atoms with E-state index in [2.05, 4.69) is 43.7 Å². The lowest BCUT2D eigenvalue weighted by Crippen LogP contribution is -2.58. The molecule has 2 aromatic rings. The van der Waals surface area contributed by atoms with Crippen molar-refractivity contribution in [1.82, 2.24) is 19.8 Å². The van der Waals surface area contributed by atoms with E-state index in [-0.39, 0.29) is 22.4 Å². The second kappa shape index (κ2) is 13.9. The number of aryl methyl sites for hydroxylation is 1. The minimum atomic E-state index is -0.652. The Balaban J connectivity index is 1.35. The number of esters is 1. The summed E-state index contributed by atoms with van der Waals surface area (Å²) in [6.45, 7) is 9.29. The van der Waals surface area contributed by atoms with Crippen molar-refractivity contribution in [3.05, 3.63) is 45.2 Å². The summed E-state index contributed by atoms with van der Waals surface area (Å²) in [6, 6.07) is 7.05. The van der Waals surface area contributed by atoms with Crippen molar-refractivity contribution in [1.29, 1.82) is 0 Å². The molecule has 0 radical (unpaired) electrons. The number of hydrogen-bond acceptors (Lipinski definition) is 9. The normalized spacial score (nSPS) is 19.1. The first kappa shape index (κ1) is 30.5. The maximum Gasteiger partial charge on any atom is 0.360 e. The highest BCUT2D eigenvalue weighted by atomic mass is 35.5. The molecule has 2 N–H and O–H groups in total. The van der Waals surface area contributed by atoms with Gasteiger partial charge in [0.25, 0.3) is 0 Å². The number of ketones is 1. The molecule has 0 unspecified atom stereocenters. The molecular weight excluding hydrogens is 551 g/mol. The van der Waals surface area contributed by atoms with Gasteiger partial charge in [0, 0.05) is 49.7 Å². The topological polar surface area (TPSA) is 105 Å². The Labute approximate surface area is 247 Å². The average molecular weight is 592 g/mol. The number of piperidine rings is 1. The predicted octanol–water partition coefficient (Wildman–Crippen LogP) is 4.63. The lowest BCUT2D eigenvalue weighted by Gasteiger charge is -2.47. The Morgan fingerprint density at radius 1 is 1.10 bits per heavy atom. The van der Waals surface area contributed by atoms with Crippen molar-refractivity contribution in [3.63, 3.8) is 0 Å². The van der Waals surface area contributed by atoms with E-state index in [0.717, 1.165) is 76.4 Å². The fourth-order valence-electron chi connectivity index (χ4n) is 5.93. The van der Waals surface area contributed by atoms with Gasteiger partial charge in [-0.15, -0.1) is 0 Å². The van der Waals surface area contributed by atoms with Crippen LogP contribution in [0.15, 0.2) is 18.2 Å². The van der Waals surface area contributed by atoms with E-state index in [1.807, 2.05) is 6.07 Å². The van der Waals surface area contributed by atoms with Crippen LogP contribution in [0.4, 0.5) is 11.6 Å². The van der Waals surface area contributed by atoms with Gasteiger partial charge in [0.2, 0.25) is 0 Å². The van der Waals surface area contributed by atoms with Gasteiger partial charge >= 0.3 is 5.97 Å². The van der Waals surface area contributed by atoms with Crippen LogP contribution in [0, 0.1) is 0 Å². The highest BCUT2D eigenvalue weighted by Gasteiger charge is 2.34. The third-order valence-corrected chi connectivity index (χ3v) is 8.59. The van der Waals surface area contributed by atoms with Crippen molar-refractivity contribution >= 4 is 46.6 Å². The second-order valence-electron chi connectivity index (χ2n) is 10.8. The number of hydrogen-bond donors (Lipinski definition) is 1. The molecule has 0 saturated carbocycles. The monoisotopic (exact) mass is 590 g/mol. The van der Waals surface area contributed by atoms with Crippen LogP contribution >= 0.6 is 23.2 Å². The van der Waals surface area contributed by atoms with E-state index in [0.29, 0.717) is 24.3 Å². The van der Waals surface area contributed by atoms with Crippen molar-refractivity contribution < 1.29 is 14.3 Å². The van der Waals surface area contributed by atoms with Crippen molar-refractivity contribution in [3.8, 4) is 0 Å². The number of carbonyl (C=O) groups is 2. The summed E-state index contributed by atoms with van der Waals surface area (Å²) in [5, 5.41) is 0.911. The highest BCUT2D eigenvalue weighted by Crippen LogP contribution is 2.30. The summed E-state index contributed by atoms with van der Waals surface area (Å²) >= 11 is 12.7. The van der Waals surface area contributed by atoms with Crippen LogP contribution in [-0.2, 0) is 22.5 Å². The number of nitrogen functional groups attached to an aromatic ring is 1. The van der Waals surface area contributed by atoms with Gasteiger partial charge in [0.05, 0.1) is 7.11 Å². The quantitative estimate of drug-likeness (QED) is 0.396. The number of nitrogens with two attached hydrogens (primary N) is 1. The average Bonchev–Trinajstić information content (AvgIpc) is 2.95. The first-order valence-corrected chi connectivity index (χ1v) is 14.9. The molecule has 0 aliphatic carbocycles. The lowest BCUT2D eigenvalue weighted by molar-refractivity contribution is -0.117. The summed E-state index contributed by atoms with van der Waals surface area (Å²) in [5.74, 6) is 0.119. The van der Waals surface area contributed by atoms with Gasteiger partial charge in [-0.3, -0.25) is 9.80 Å². The maximum atomic E-state index is 11.9. The smallest absolute Gasteiger partial charge is 0.360 e. The minimum Gasteiger partial charge on any atom is -0.464 e. The zero-order valence-electron chi connectivity index (χ0n) is 23.7. The van der Waals surface area contributed by atoms with Gasteiger partial charge < -0.3 is 20.2 Å². The number of methoxy groups -OCH3 is 1. The van der Waals surface area contributed by atoms with Crippen LogP contribution in [0.1, 0.15) is 67.6 Å². The van der Waals surface area contributed by atoms with E-state index in [1.54, 1.807) is 6.92 Å². The van der Waals surface area contributed by atoms with Crippen LogP contribution in [0.2, 0.25) is 10.2 Å². The number of halogens is 2. The molecule has 11 heteroatoms. The van der Waals surface area contributed by atoms with Crippen LogP contribution in [0.5, 0.6) is 0 Å². The number of rotatable bonds is 10. The molecule has 0 spiro atoms. The second-order valence-corrected chi connectivity index (χ2v) is 11.6. The first-order valence-electron chi connectivity index (χ1n) is 14.1. The third-order valence-electron chi connectivity index (χ3n) is 8.10. The zero-order valence-corrected chi connectivity index (χ0v) is 25.2. The van der Waals surface area contributed by atoms with E-state index in [1.165, 1.54) is 18.2 Å². The maximum absolute atomic E-state index is 11.9. The lowest BCUT2D eigenvalue weighted by atomic mass is 9.96. The van der Waals surface area contributed by atoms with E-state index < -0.39 is 5.97 Å². The molecule has 0 bridgehead atoms. The Morgan fingerprint density at radius 2 is 1.85 bits per heavy atom. The molecule has 1 atom stereocenters. The molecular formula is C29H40Cl2N6O3. The molecule has 4 rings (SSSR count). The van der Waals surface area contributed by atoms with Gasteiger partial charge in [-0.1, -0.05) is 36.2 Å². The molecule has 3 heterocycles. The van der Waals surface area contributed by atoms with Gasteiger partial charge in [-0.2, -0.15) is 0 Å². The Hall–Kier alpha value is -2.46. The highest BCUT2D eigenvalue weighted by molar-refractivity contribution is 6.32. The van der Waals surface area contributed by atoms with Crippen LogP contribution in [0.3, 0.4) is 0 Å². The molecule has 2 fully saturated rings. The Morgan fingerprint density at radius 3 is 2.52 bits per heavy atom. The Bertz CT molecular complexity index is 1200.